The molecule has 0 aromatic heterocycles. The smallest absolute Gasteiger partial charge is 0.348 e. The lowest BCUT2D eigenvalue weighted by molar-refractivity contribution is -0.223. The number of hydrogen-bond acceptors (Lipinski definition) is 6. The molecule has 10 heteroatoms. The van der Waals surface area contributed by atoms with Gasteiger partial charge in [0.2, 0.25) is 5.91 Å². The Morgan fingerprint density at radius 1 is 1.06 bits per heavy atom. The first-order valence-electron chi connectivity index (χ1n) is 10.1. The van der Waals surface area contributed by atoms with Crippen LogP contribution in [0.3, 0.4) is 0 Å². The third-order valence-corrected chi connectivity index (χ3v) is 5.49. The molecule has 4 rings (SSSR count). The lowest BCUT2D eigenvalue weighted by Gasteiger charge is -2.29. The number of halogens is 3. The Bertz CT molecular complexity index is 843. The molecule has 1 aromatic rings. The van der Waals surface area contributed by atoms with Crippen molar-refractivity contribution in [2.45, 2.75) is 82.5 Å². The van der Waals surface area contributed by atoms with Gasteiger partial charge in [0.15, 0.2) is 17.9 Å². The average molecular weight is 445 g/mol. The highest BCUT2D eigenvalue weighted by Gasteiger charge is 2.58. The summed E-state index contributed by atoms with van der Waals surface area (Å²) in [6, 6.07) is 4.34. The number of benzene rings is 1. The van der Waals surface area contributed by atoms with Crippen molar-refractivity contribution in [2.75, 3.05) is 6.61 Å². The average Bonchev–Trinajstić information content (AvgIpc) is 3.24. The van der Waals surface area contributed by atoms with Crippen LogP contribution in [-0.2, 0) is 41.1 Å². The maximum atomic E-state index is 13.3. The second-order valence-electron chi connectivity index (χ2n) is 8.86. The van der Waals surface area contributed by atoms with Gasteiger partial charge in [0.1, 0.15) is 18.3 Å². The Morgan fingerprint density at radius 2 is 1.77 bits per heavy atom. The van der Waals surface area contributed by atoms with Gasteiger partial charge in [0, 0.05) is 0 Å². The van der Waals surface area contributed by atoms with Crippen molar-refractivity contribution in [3.05, 3.63) is 35.4 Å². The predicted molar refractivity (Wildman–Crippen MR) is 101 cm³/mol. The van der Waals surface area contributed by atoms with Gasteiger partial charge >= 0.3 is 6.18 Å². The SMILES string of the molecule is CC1(C)O[C@H]2O[C@H]([C@H]3COC(C)(C)O3)[C@@H](NC(=O)Cc3ccccc3C(F)(F)F)[C@H]2O1. The van der Waals surface area contributed by atoms with Gasteiger partial charge in [-0.2, -0.15) is 13.2 Å². The summed E-state index contributed by atoms with van der Waals surface area (Å²) in [4.78, 5) is 12.8. The Kier molecular flexibility index (Phi) is 5.58. The van der Waals surface area contributed by atoms with E-state index < -0.39 is 66.3 Å². The third-order valence-electron chi connectivity index (χ3n) is 5.49. The molecule has 0 saturated carbocycles. The molecule has 7 nitrogen and oxygen atoms in total. The van der Waals surface area contributed by atoms with Crippen LogP contribution in [0.15, 0.2) is 24.3 Å². The highest BCUT2D eigenvalue weighted by atomic mass is 19.4. The van der Waals surface area contributed by atoms with E-state index in [1.54, 1.807) is 27.7 Å². The summed E-state index contributed by atoms with van der Waals surface area (Å²) in [6.07, 6.45) is -7.49. The Morgan fingerprint density at radius 3 is 2.42 bits per heavy atom. The summed E-state index contributed by atoms with van der Waals surface area (Å²) >= 11 is 0. The second-order valence-corrected chi connectivity index (χ2v) is 8.86. The van der Waals surface area contributed by atoms with E-state index >= 15 is 0 Å². The summed E-state index contributed by atoms with van der Waals surface area (Å²) < 4.78 is 69.0. The van der Waals surface area contributed by atoms with Crippen molar-refractivity contribution >= 4 is 5.91 Å². The highest BCUT2D eigenvalue weighted by Crippen LogP contribution is 2.41. The van der Waals surface area contributed by atoms with Gasteiger partial charge in [-0.05, 0) is 39.3 Å². The molecule has 3 aliphatic rings. The van der Waals surface area contributed by atoms with Crippen LogP contribution in [0.4, 0.5) is 13.2 Å². The maximum Gasteiger partial charge on any atom is 0.416 e. The lowest BCUT2D eigenvalue weighted by atomic mass is 10.0. The third kappa shape index (κ3) is 4.73. The molecule has 1 aromatic carbocycles. The Hall–Kier alpha value is -1.72. The van der Waals surface area contributed by atoms with Crippen LogP contribution in [0.5, 0.6) is 0 Å². The van der Waals surface area contributed by atoms with Crippen molar-refractivity contribution in [1.29, 1.82) is 0 Å². The topological polar surface area (TPSA) is 75.3 Å². The first-order chi connectivity index (χ1) is 14.3. The molecule has 0 aliphatic carbocycles. The summed E-state index contributed by atoms with van der Waals surface area (Å²) in [5.74, 6) is -2.31. The first kappa shape index (κ1) is 22.5. The van der Waals surface area contributed by atoms with Crippen molar-refractivity contribution in [3.63, 3.8) is 0 Å². The van der Waals surface area contributed by atoms with Gasteiger partial charge < -0.3 is 29.0 Å². The molecular weight excluding hydrogens is 419 g/mol. The van der Waals surface area contributed by atoms with Crippen LogP contribution in [0.25, 0.3) is 0 Å². The van der Waals surface area contributed by atoms with E-state index in [0.29, 0.717) is 0 Å². The van der Waals surface area contributed by atoms with Crippen LogP contribution < -0.4 is 5.32 Å². The fraction of sp³-hybridized carbons (Fsp3) is 0.667. The van der Waals surface area contributed by atoms with Gasteiger partial charge in [-0.1, -0.05) is 18.2 Å². The van der Waals surface area contributed by atoms with Crippen molar-refractivity contribution in [3.8, 4) is 0 Å². The fourth-order valence-electron chi connectivity index (χ4n) is 4.25. The maximum absolute atomic E-state index is 13.3. The van der Waals surface area contributed by atoms with E-state index in [9.17, 15) is 18.0 Å². The molecule has 172 valence electrons. The molecule has 0 spiro atoms. The molecule has 0 unspecified atom stereocenters. The largest absolute Gasteiger partial charge is 0.416 e. The zero-order chi connectivity index (χ0) is 22.6. The van der Waals surface area contributed by atoms with Gasteiger partial charge in [0.05, 0.1) is 24.6 Å². The normalized spacial score (nSPS) is 34.0. The zero-order valence-corrected chi connectivity index (χ0v) is 17.7. The highest BCUT2D eigenvalue weighted by molar-refractivity contribution is 5.79. The van der Waals surface area contributed by atoms with E-state index in [-0.39, 0.29) is 12.2 Å². The number of fused-ring (bicyclic) bond motifs is 1. The minimum atomic E-state index is -4.55. The lowest BCUT2D eigenvalue weighted by Crippen LogP contribution is -2.53. The standard InChI is InChI=1S/C21H26F3NO6/c1-19(2)27-10-13(29-19)16-15(17-18(28-16)31-20(3,4)30-17)25-14(26)9-11-7-5-6-8-12(11)21(22,23)24/h5-8,13,15-18H,9-10H2,1-4H3,(H,25,26)/t13-,15-,16-,17-,18-/m1/s1. The van der Waals surface area contributed by atoms with Gasteiger partial charge in [0.25, 0.3) is 0 Å². The molecule has 0 radical (unpaired) electrons. The van der Waals surface area contributed by atoms with E-state index in [0.717, 1.165) is 6.07 Å². The van der Waals surface area contributed by atoms with Crippen LogP contribution in [0.1, 0.15) is 38.8 Å². The van der Waals surface area contributed by atoms with E-state index in [2.05, 4.69) is 5.32 Å². The molecule has 0 bridgehead atoms. The number of amides is 1. The Labute approximate surface area is 178 Å². The molecule has 3 aliphatic heterocycles. The molecule has 1 N–H and O–H groups in total. The number of carbonyl (C=O) groups excluding carboxylic acids is 1. The molecule has 1 amide bonds. The van der Waals surface area contributed by atoms with Crippen molar-refractivity contribution < 1.29 is 41.7 Å². The van der Waals surface area contributed by atoms with Crippen molar-refractivity contribution in [1.82, 2.24) is 5.32 Å². The molecule has 3 saturated heterocycles. The minimum absolute atomic E-state index is 0.106. The van der Waals surface area contributed by atoms with Gasteiger partial charge in [-0.15, -0.1) is 0 Å². The number of alkyl halides is 3. The van der Waals surface area contributed by atoms with Crippen LogP contribution in [0.2, 0.25) is 0 Å². The van der Waals surface area contributed by atoms with E-state index in [1.807, 2.05) is 0 Å². The number of rotatable bonds is 4. The second kappa shape index (κ2) is 7.70. The number of ether oxygens (including phenoxy) is 5. The van der Waals surface area contributed by atoms with Crippen LogP contribution in [-0.4, -0.2) is 54.7 Å². The van der Waals surface area contributed by atoms with E-state index in [4.69, 9.17) is 23.7 Å². The van der Waals surface area contributed by atoms with Crippen LogP contribution in [0, 0.1) is 0 Å². The van der Waals surface area contributed by atoms with E-state index in [1.165, 1.54) is 18.2 Å². The fourth-order valence-corrected chi connectivity index (χ4v) is 4.25. The molecule has 3 heterocycles. The summed E-state index contributed by atoms with van der Waals surface area (Å²) in [5, 5.41) is 2.80. The van der Waals surface area contributed by atoms with Crippen LogP contribution >= 0.6 is 0 Å². The quantitative estimate of drug-likeness (QED) is 0.768. The van der Waals surface area contributed by atoms with Gasteiger partial charge in [-0.25, -0.2) is 0 Å². The number of nitrogens with one attached hydrogen (secondary N) is 1. The Balaban J connectivity index is 1.52. The monoisotopic (exact) mass is 445 g/mol. The molecule has 3 fully saturated rings. The minimum Gasteiger partial charge on any atom is -0.348 e. The predicted octanol–water partition coefficient (Wildman–Crippen LogP) is 2.76. The summed E-state index contributed by atoms with van der Waals surface area (Å²) in [6.45, 7) is 7.21. The first-order valence-corrected chi connectivity index (χ1v) is 10.1. The molecular formula is C21H26F3NO6. The summed E-state index contributed by atoms with van der Waals surface area (Å²) in [5.41, 5.74) is -0.942. The number of carbonyl (C=O) groups is 1. The van der Waals surface area contributed by atoms with Gasteiger partial charge in [-0.3, -0.25) is 4.79 Å². The molecule has 31 heavy (non-hydrogen) atoms. The summed E-state index contributed by atoms with van der Waals surface area (Å²) in [7, 11) is 0. The molecule has 5 atom stereocenters. The number of hydrogen-bond donors (Lipinski definition) is 1. The van der Waals surface area contributed by atoms with Crippen molar-refractivity contribution in [2.24, 2.45) is 0 Å². The zero-order valence-electron chi connectivity index (χ0n) is 17.7.